The Morgan fingerprint density at radius 3 is 2.76 bits per heavy atom. The van der Waals surface area contributed by atoms with E-state index >= 15 is 0 Å². The molecule has 0 spiro atoms. The first-order valence-corrected chi connectivity index (χ1v) is 7.46. The van der Waals surface area contributed by atoms with E-state index in [0.29, 0.717) is 6.61 Å². The van der Waals surface area contributed by atoms with Crippen LogP contribution in [0.1, 0.15) is 35.6 Å². The van der Waals surface area contributed by atoms with E-state index in [2.05, 4.69) is 6.07 Å². The molecule has 0 aliphatic heterocycles. The summed E-state index contributed by atoms with van der Waals surface area (Å²) in [6.07, 6.45) is 3.22. The fourth-order valence-electron chi connectivity index (χ4n) is 2.83. The monoisotopic (exact) mass is 283 g/mol. The Hall–Kier alpha value is -1.84. The van der Waals surface area contributed by atoms with Gasteiger partial charge in [0.25, 0.3) is 0 Å². The van der Waals surface area contributed by atoms with Gasteiger partial charge in [0.2, 0.25) is 0 Å². The van der Waals surface area contributed by atoms with E-state index in [1.165, 1.54) is 11.1 Å². The Balaban J connectivity index is 1.57. The van der Waals surface area contributed by atoms with Crippen molar-refractivity contribution in [1.29, 1.82) is 0 Å². The Bertz CT molecular complexity index is 583. The van der Waals surface area contributed by atoms with Crippen molar-refractivity contribution in [3.63, 3.8) is 0 Å². The number of hydrogen-bond donors (Lipinski definition) is 1. The first-order valence-electron chi connectivity index (χ1n) is 7.46. The second-order valence-corrected chi connectivity index (χ2v) is 5.42. The predicted octanol–water partition coefficient (Wildman–Crippen LogP) is 3.58. The van der Waals surface area contributed by atoms with E-state index in [-0.39, 0.29) is 12.8 Å². The molecule has 2 aromatic rings. The van der Waals surface area contributed by atoms with Crippen LogP contribution in [0.25, 0.3) is 0 Å². The largest absolute Gasteiger partial charge is 0.467 e. The number of fused-ring (bicyclic) bond motifs is 1. The third-order valence-corrected chi connectivity index (χ3v) is 3.92. The van der Waals surface area contributed by atoms with Crippen molar-refractivity contribution in [1.82, 2.24) is 0 Å². The van der Waals surface area contributed by atoms with Gasteiger partial charge in [0, 0.05) is 6.04 Å². The van der Waals surface area contributed by atoms with E-state index in [9.17, 15) is 0 Å². The molecule has 21 heavy (non-hydrogen) atoms. The maximum atomic E-state index is 6.16. The first-order chi connectivity index (χ1) is 10.3. The van der Waals surface area contributed by atoms with Crippen molar-refractivity contribution in [2.75, 3.05) is 6.79 Å². The van der Waals surface area contributed by atoms with Crippen LogP contribution in [0.15, 0.2) is 48.5 Å². The van der Waals surface area contributed by atoms with Crippen LogP contribution < -0.4 is 10.5 Å². The summed E-state index contributed by atoms with van der Waals surface area (Å²) in [4.78, 5) is 0. The third kappa shape index (κ3) is 3.43. The maximum absolute atomic E-state index is 6.16. The molecule has 0 fully saturated rings. The molecular weight excluding hydrogens is 262 g/mol. The highest BCUT2D eigenvalue weighted by molar-refractivity contribution is 5.43. The minimum absolute atomic E-state index is 0.141. The number of nitrogens with two attached hydrogens (primary N) is 1. The van der Waals surface area contributed by atoms with Crippen LogP contribution in [0, 0.1) is 0 Å². The van der Waals surface area contributed by atoms with Gasteiger partial charge in [-0.2, -0.15) is 0 Å². The van der Waals surface area contributed by atoms with E-state index < -0.39 is 0 Å². The standard InChI is InChI=1S/C18H21NO2/c19-17-10-4-9-16-15(17)8-5-11-18(16)21-13-20-12-14-6-2-1-3-7-14/h1-3,5-8,11,17H,4,9-10,12-13,19H2. The van der Waals surface area contributed by atoms with Crippen LogP contribution in [0.4, 0.5) is 0 Å². The highest BCUT2D eigenvalue weighted by atomic mass is 16.7. The lowest BCUT2D eigenvalue weighted by Gasteiger charge is -2.24. The lowest BCUT2D eigenvalue weighted by molar-refractivity contribution is 0.00439. The van der Waals surface area contributed by atoms with Gasteiger partial charge >= 0.3 is 0 Å². The van der Waals surface area contributed by atoms with Gasteiger partial charge in [-0.3, -0.25) is 0 Å². The quantitative estimate of drug-likeness (QED) is 0.674. The summed E-state index contributed by atoms with van der Waals surface area (Å²) in [5, 5.41) is 0. The van der Waals surface area contributed by atoms with Crippen LogP contribution in [0.3, 0.4) is 0 Å². The Morgan fingerprint density at radius 1 is 1.05 bits per heavy atom. The van der Waals surface area contributed by atoms with Crippen LogP contribution in [0.5, 0.6) is 5.75 Å². The van der Waals surface area contributed by atoms with E-state index in [0.717, 1.165) is 30.6 Å². The molecule has 1 aliphatic carbocycles. The van der Waals surface area contributed by atoms with Crippen LogP contribution >= 0.6 is 0 Å². The van der Waals surface area contributed by atoms with Gasteiger partial charge in [0.1, 0.15) is 5.75 Å². The Kier molecular flexibility index (Phi) is 4.53. The molecule has 0 aromatic heterocycles. The highest BCUT2D eigenvalue weighted by Crippen LogP contribution is 2.33. The molecule has 0 saturated heterocycles. The summed E-state index contributed by atoms with van der Waals surface area (Å²) < 4.78 is 11.4. The molecule has 3 nitrogen and oxygen atoms in total. The summed E-state index contributed by atoms with van der Waals surface area (Å²) in [5.74, 6) is 0.913. The van der Waals surface area contributed by atoms with Crippen LogP contribution in [-0.2, 0) is 17.8 Å². The molecule has 2 N–H and O–H groups in total. The van der Waals surface area contributed by atoms with Gasteiger partial charge in [0.05, 0.1) is 6.61 Å². The molecule has 110 valence electrons. The fraction of sp³-hybridized carbons (Fsp3) is 0.333. The highest BCUT2D eigenvalue weighted by Gasteiger charge is 2.19. The molecule has 3 rings (SSSR count). The van der Waals surface area contributed by atoms with Crippen molar-refractivity contribution >= 4 is 0 Å². The van der Waals surface area contributed by atoms with Gasteiger partial charge < -0.3 is 15.2 Å². The molecule has 0 bridgehead atoms. The maximum Gasteiger partial charge on any atom is 0.189 e. The second-order valence-electron chi connectivity index (χ2n) is 5.42. The molecule has 0 saturated carbocycles. The van der Waals surface area contributed by atoms with Crippen molar-refractivity contribution in [3.8, 4) is 5.75 Å². The predicted molar refractivity (Wildman–Crippen MR) is 83.0 cm³/mol. The summed E-state index contributed by atoms with van der Waals surface area (Å²) in [5.41, 5.74) is 9.78. The van der Waals surface area contributed by atoms with E-state index in [1.54, 1.807) is 0 Å². The zero-order valence-corrected chi connectivity index (χ0v) is 12.1. The molecule has 1 aliphatic rings. The number of benzene rings is 2. The molecule has 2 aromatic carbocycles. The Morgan fingerprint density at radius 2 is 1.90 bits per heavy atom. The normalized spacial score (nSPS) is 17.3. The summed E-state index contributed by atoms with van der Waals surface area (Å²) in [7, 11) is 0. The average molecular weight is 283 g/mol. The number of hydrogen-bond acceptors (Lipinski definition) is 3. The topological polar surface area (TPSA) is 44.5 Å². The molecule has 0 amide bonds. The lowest BCUT2D eigenvalue weighted by Crippen LogP contribution is -2.18. The fourth-order valence-corrected chi connectivity index (χ4v) is 2.83. The molecule has 0 heterocycles. The van der Waals surface area contributed by atoms with E-state index in [1.807, 2.05) is 42.5 Å². The molecular formula is C18H21NO2. The number of ether oxygens (including phenoxy) is 2. The lowest BCUT2D eigenvalue weighted by atomic mass is 9.88. The molecule has 3 heteroatoms. The summed E-state index contributed by atoms with van der Waals surface area (Å²) >= 11 is 0. The zero-order chi connectivity index (χ0) is 14.5. The molecule has 1 atom stereocenters. The second kappa shape index (κ2) is 6.74. The van der Waals surface area contributed by atoms with Gasteiger partial charge in [-0.05, 0) is 42.0 Å². The van der Waals surface area contributed by atoms with Crippen molar-refractivity contribution in [2.45, 2.75) is 31.9 Å². The minimum Gasteiger partial charge on any atom is -0.467 e. The van der Waals surface area contributed by atoms with Crippen molar-refractivity contribution < 1.29 is 9.47 Å². The Labute approximate surface area is 125 Å². The van der Waals surface area contributed by atoms with E-state index in [4.69, 9.17) is 15.2 Å². The van der Waals surface area contributed by atoms with Crippen LogP contribution in [0.2, 0.25) is 0 Å². The molecule has 0 radical (unpaired) electrons. The zero-order valence-electron chi connectivity index (χ0n) is 12.1. The summed E-state index contributed by atoms with van der Waals surface area (Å²) in [6.45, 7) is 0.829. The third-order valence-electron chi connectivity index (χ3n) is 3.92. The SMILES string of the molecule is NC1CCCc2c(OCOCc3ccccc3)cccc21. The van der Waals surface area contributed by atoms with Gasteiger partial charge in [0.15, 0.2) is 6.79 Å². The van der Waals surface area contributed by atoms with Crippen LogP contribution in [-0.4, -0.2) is 6.79 Å². The minimum atomic E-state index is 0.141. The average Bonchev–Trinajstić information content (AvgIpc) is 2.53. The molecule has 1 unspecified atom stereocenters. The smallest absolute Gasteiger partial charge is 0.189 e. The van der Waals surface area contributed by atoms with Gasteiger partial charge in [-0.1, -0.05) is 42.5 Å². The van der Waals surface area contributed by atoms with Gasteiger partial charge in [-0.15, -0.1) is 0 Å². The number of rotatable bonds is 5. The first kappa shape index (κ1) is 14.1. The van der Waals surface area contributed by atoms with Gasteiger partial charge in [-0.25, -0.2) is 0 Å². The summed E-state index contributed by atoms with van der Waals surface area (Å²) in [6, 6.07) is 16.4. The van der Waals surface area contributed by atoms with Crippen molar-refractivity contribution in [3.05, 3.63) is 65.2 Å². The van der Waals surface area contributed by atoms with Crippen molar-refractivity contribution in [2.24, 2.45) is 5.73 Å².